The molecular weight excluding hydrogens is 609 g/mol. The smallest absolute Gasteiger partial charge is 0.257 e. The maximum Gasteiger partial charge on any atom is 0.257 e. The van der Waals surface area contributed by atoms with Gasteiger partial charge in [0.05, 0.1) is 15.8 Å². The van der Waals surface area contributed by atoms with Gasteiger partial charge in [0.1, 0.15) is 11.4 Å². The van der Waals surface area contributed by atoms with E-state index in [2.05, 4.69) is 31.2 Å². The third kappa shape index (κ3) is 5.19. The van der Waals surface area contributed by atoms with Crippen molar-refractivity contribution in [2.75, 3.05) is 0 Å². The predicted molar refractivity (Wildman–Crippen MR) is 153 cm³/mol. The molecule has 1 aromatic heterocycles. The largest absolute Gasteiger partial charge is 0.359 e. The van der Waals surface area contributed by atoms with Crippen LogP contribution in [0.2, 0.25) is 5.02 Å². The molecule has 0 aliphatic carbocycles. The van der Waals surface area contributed by atoms with Crippen LogP contribution >= 0.6 is 27.5 Å². The number of hydrogen-bond acceptors (Lipinski definition) is 5. The molecule has 0 saturated carbocycles. The van der Waals surface area contributed by atoms with Gasteiger partial charge in [-0.3, -0.25) is 14.6 Å². The number of amides is 1. The molecule has 1 atom stereocenters. The molecule has 0 saturated heterocycles. The van der Waals surface area contributed by atoms with Crippen molar-refractivity contribution in [2.45, 2.75) is 22.7 Å². The maximum atomic E-state index is 14.8. The molecule has 3 aromatic carbocycles. The summed E-state index contributed by atoms with van der Waals surface area (Å²) in [4.78, 5) is 30.9. The van der Waals surface area contributed by atoms with E-state index in [1.54, 1.807) is 48.5 Å². The van der Waals surface area contributed by atoms with Crippen LogP contribution in [0.25, 0.3) is 10.9 Å². The molecule has 0 bridgehead atoms. The van der Waals surface area contributed by atoms with Gasteiger partial charge < -0.3 is 10.3 Å². The number of nitrogens with zero attached hydrogens (tertiary/aromatic N) is 1. The number of benzene rings is 3. The number of pyridine rings is 1. The molecule has 11 heteroatoms. The molecule has 1 amide bonds. The second kappa shape index (κ2) is 10.5. The average Bonchev–Trinajstić information content (AvgIpc) is 3.40. The monoisotopic (exact) mass is 627 g/mol. The number of sulfone groups is 1. The van der Waals surface area contributed by atoms with E-state index >= 15 is 0 Å². The summed E-state index contributed by atoms with van der Waals surface area (Å²) in [6, 6.07) is 15.7. The van der Waals surface area contributed by atoms with Crippen molar-refractivity contribution in [3.8, 4) is 0 Å². The van der Waals surface area contributed by atoms with Crippen LogP contribution in [-0.2, 0) is 22.8 Å². The van der Waals surface area contributed by atoms with Crippen LogP contribution in [0.1, 0.15) is 21.5 Å². The van der Waals surface area contributed by atoms with E-state index in [1.165, 1.54) is 18.4 Å². The van der Waals surface area contributed by atoms with E-state index in [-0.39, 0.29) is 29.4 Å². The second-order valence-corrected chi connectivity index (χ2v) is 12.5. The van der Waals surface area contributed by atoms with Crippen LogP contribution in [0.4, 0.5) is 4.39 Å². The van der Waals surface area contributed by atoms with Crippen molar-refractivity contribution in [2.24, 2.45) is 4.99 Å². The molecule has 39 heavy (non-hydrogen) atoms. The lowest BCUT2D eigenvalue weighted by Crippen LogP contribution is -2.36. The predicted octanol–water partition coefficient (Wildman–Crippen LogP) is 5.37. The van der Waals surface area contributed by atoms with E-state index in [9.17, 15) is 22.4 Å². The van der Waals surface area contributed by atoms with Gasteiger partial charge in [0, 0.05) is 34.9 Å². The quantitative estimate of drug-likeness (QED) is 0.287. The number of H-pyrrole nitrogens is 1. The second-order valence-electron chi connectivity index (χ2n) is 8.96. The Balaban J connectivity index is 1.54. The number of nitrogens with one attached hydrogen (secondary N) is 2. The fourth-order valence-electron chi connectivity index (χ4n) is 4.37. The highest BCUT2D eigenvalue weighted by Gasteiger charge is 2.45. The standard InChI is InChI=1S/C28H20BrClFN3O4S/c29-19-6-2-17(3-7-19)14-28(10-1-11-34-28)39(37,38)24-13-21(31)12-22-25(24)32-16-23(26(22)35)27(36)33-15-18-4-8-20(30)9-5-18/h1-13,16H,14-15H2,(H,32,35)(H,33,36). The van der Waals surface area contributed by atoms with Gasteiger partial charge in [-0.25, -0.2) is 12.8 Å². The van der Waals surface area contributed by atoms with Gasteiger partial charge >= 0.3 is 0 Å². The van der Waals surface area contributed by atoms with Crippen molar-refractivity contribution >= 4 is 60.4 Å². The normalized spacial score (nSPS) is 16.6. The molecule has 2 N–H and O–H groups in total. The minimum absolute atomic E-state index is 0.0109. The minimum Gasteiger partial charge on any atom is -0.359 e. The summed E-state index contributed by atoms with van der Waals surface area (Å²) in [7, 11) is -4.38. The number of fused-ring (bicyclic) bond motifs is 1. The molecule has 198 valence electrons. The third-order valence-electron chi connectivity index (χ3n) is 6.39. The van der Waals surface area contributed by atoms with Crippen molar-refractivity contribution in [3.63, 3.8) is 0 Å². The van der Waals surface area contributed by atoms with Crippen LogP contribution in [0.15, 0.2) is 98.2 Å². The first-order valence-electron chi connectivity index (χ1n) is 11.7. The zero-order valence-electron chi connectivity index (χ0n) is 20.1. The highest BCUT2D eigenvalue weighted by molar-refractivity contribution is 9.10. The molecule has 1 aliphatic heterocycles. The molecule has 0 spiro atoms. The fraction of sp³-hybridized carbons (Fsp3) is 0.107. The van der Waals surface area contributed by atoms with Gasteiger partial charge in [0.2, 0.25) is 15.3 Å². The SMILES string of the molecule is O=C(NCc1ccc(Cl)cc1)c1c[nH]c2c(S(=O)(=O)C3(Cc4ccc(Br)cc4)C=CC=N3)cc(F)cc2c1=O. The minimum atomic E-state index is -4.38. The summed E-state index contributed by atoms with van der Waals surface area (Å²) in [5.74, 6) is -1.63. The van der Waals surface area contributed by atoms with Crippen LogP contribution in [-0.4, -0.2) is 30.4 Å². The van der Waals surface area contributed by atoms with E-state index < -0.39 is 36.8 Å². The summed E-state index contributed by atoms with van der Waals surface area (Å²) >= 11 is 9.24. The number of aromatic amines is 1. The summed E-state index contributed by atoms with van der Waals surface area (Å²) in [5.41, 5.74) is 0.251. The zero-order valence-corrected chi connectivity index (χ0v) is 23.3. The lowest BCUT2D eigenvalue weighted by atomic mass is 10.1. The van der Waals surface area contributed by atoms with Crippen molar-refractivity contribution in [1.82, 2.24) is 10.3 Å². The van der Waals surface area contributed by atoms with Crippen molar-refractivity contribution in [1.29, 1.82) is 0 Å². The first-order chi connectivity index (χ1) is 18.6. The van der Waals surface area contributed by atoms with Crippen LogP contribution < -0.4 is 10.7 Å². The summed E-state index contributed by atoms with van der Waals surface area (Å²) in [5, 5.41) is 2.91. The lowest BCUT2D eigenvalue weighted by molar-refractivity contribution is 0.0949. The molecule has 7 nitrogen and oxygen atoms in total. The Kier molecular flexibility index (Phi) is 7.28. The zero-order chi connectivity index (χ0) is 27.8. The van der Waals surface area contributed by atoms with Crippen molar-refractivity contribution in [3.05, 3.63) is 121 Å². The average molecular weight is 629 g/mol. The summed E-state index contributed by atoms with van der Waals surface area (Å²) in [6.07, 6.45) is 5.46. The Hall–Kier alpha value is -3.60. The first-order valence-corrected chi connectivity index (χ1v) is 14.3. The number of hydrogen-bond donors (Lipinski definition) is 2. The van der Waals surface area contributed by atoms with E-state index in [1.807, 2.05) is 0 Å². The van der Waals surface area contributed by atoms with E-state index in [4.69, 9.17) is 11.6 Å². The first kappa shape index (κ1) is 27.0. The molecule has 0 fully saturated rings. The summed E-state index contributed by atoms with van der Waals surface area (Å²) < 4.78 is 43.8. The Morgan fingerprint density at radius 3 is 2.44 bits per heavy atom. The van der Waals surface area contributed by atoms with Crippen LogP contribution in [0, 0.1) is 5.82 Å². The number of allylic oxidation sites excluding steroid dienone is 1. The fourth-order valence-corrected chi connectivity index (χ4v) is 6.67. The number of aromatic nitrogens is 1. The number of carbonyl (C=O) groups is 1. The molecule has 4 aromatic rings. The van der Waals surface area contributed by atoms with Gasteiger partial charge in [0.15, 0.2) is 4.87 Å². The number of aliphatic imine (C=N–C) groups is 1. The molecule has 5 rings (SSSR count). The van der Waals surface area contributed by atoms with Gasteiger partial charge in [-0.2, -0.15) is 0 Å². The van der Waals surface area contributed by atoms with E-state index in [0.717, 1.165) is 28.4 Å². The highest BCUT2D eigenvalue weighted by Crippen LogP contribution is 2.37. The number of halogens is 3. The number of rotatable bonds is 7. The summed E-state index contributed by atoms with van der Waals surface area (Å²) in [6.45, 7) is 0.124. The highest BCUT2D eigenvalue weighted by atomic mass is 79.9. The molecule has 1 unspecified atom stereocenters. The molecule has 2 heterocycles. The van der Waals surface area contributed by atoms with Crippen LogP contribution in [0.3, 0.4) is 0 Å². The molecule has 0 radical (unpaired) electrons. The van der Waals surface area contributed by atoms with Crippen molar-refractivity contribution < 1.29 is 17.6 Å². The van der Waals surface area contributed by atoms with E-state index in [0.29, 0.717) is 10.6 Å². The lowest BCUT2D eigenvalue weighted by Gasteiger charge is -2.25. The Labute approximate surface area is 236 Å². The maximum absolute atomic E-state index is 14.8. The third-order valence-corrected chi connectivity index (χ3v) is 9.39. The Bertz CT molecular complexity index is 1810. The van der Waals surface area contributed by atoms with Gasteiger partial charge in [-0.15, -0.1) is 0 Å². The van der Waals surface area contributed by atoms with Crippen LogP contribution in [0.5, 0.6) is 0 Å². The molecule has 1 aliphatic rings. The Morgan fingerprint density at radius 1 is 1.08 bits per heavy atom. The molecular formula is C28H20BrClFN3O4S. The van der Waals surface area contributed by atoms with Gasteiger partial charge in [-0.1, -0.05) is 51.8 Å². The number of carbonyl (C=O) groups excluding carboxylic acids is 1. The Morgan fingerprint density at radius 2 is 1.77 bits per heavy atom. The topological polar surface area (TPSA) is 108 Å². The van der Waals surface area contributed by atoms with Gasteiger partial charge in [0.25, 0.3) is 5.91 Å². The van der Waals surface area contributed by atoms with Gasteiger partial charge in [-0.05, 0) is 59.7 Å².